The number of methoxy groups -OCH3 is 1. The van der Waals surface area contributed by atoms with Crippen LogP contribution in [0.25, 0.3) is 11.1 Å². The zero-order valence-electron chi connectivity index (χ0n) is 11.4. The SMILES string of the molecule is COc1c(Cl)ccc(Cl)c1C(=O)Nc1ccc2ncoc2c1. The van der Waals surface area contributed by atoms with Gasteiger partial charge in [-0.25, -0.2) is 4.98 Å². The third kappa shape index (κ3) is 2.61. The molecule has 0 aliphatic carbocycles. The number of nitrogens with one attached hydrogen (secondary N) is 1. The fraction of sp³-hybridized carbons (Fsp3) is 0.0667. The number of carbonyl (C=O) groups excluding carboxylic acids is 1. The number of nitrogens with zero attached hydrogens (tertiary/aromatic N) is 1. The number of anilines is 1. The van der Waals surface area contributed by atoms with Gasteiger partial charge in [-0.1, -0.05) is 23.2 Å². The number of ether oxygens (including phenoxy) is 1. The molecule has 2 aromatic carbocycles. The highest BCUT2D eigenvalue weighted by Crippen LogP contribution is 2.34. The van der Waals surface area contributed by atoms with Crippen LogP contribution in [0.5, 0.6) is 5.75 Å². The first kappa shape index (κ1) is 14.7. The van der Waals surface area contributed by atoms with Crippen molar-refractivity contribution in [1.82, 2.24) is 4.98 Å². The highest BCUT2D eigenvalue weighted by atomic mass is 35.5. The predicted octanol–water partition coefficient (Wildman–Crippen LogP) is 4.40. The van der Waals surface area contributed by atoms with E-state index < -0.39 is 5.91 Å². The molecule has 5 nitrogen and oxygen atoms in total. The van der Waals surface area contributed by atoms with Gasteiger partial charge in [0.1, 0.15) is 11.1 Å². The number of halogens is 2. The second-order valence-electron chi connectivity index (χ2n) is 4.43. The quantitative estimate of drug-likeness (QED) is 0.770. The molecule has 0 unspecified atom stereocenters. The van der Waals surface area contributed by atoms with E-state index >= 15 is 0 Å². The van der Waals surface area contributed by atoms with Crippen LogP contribution >= 0.6 is 23.2 Å². The third-order valence-corrected chi connectivity index (χ3v) is 3.69. The molecule has 3 rings (SSSR count). The van der Waals surface area contributed by atoms with Crippen molar-refractivity contribution in [2.75, 3.05) is 12.4 Å². The minimum Gasteiger partial charge on any atom is -0.494 e. The Morgan fingerprint density at radius 1 is 1.23 bits per heavy atom. The van der Waals surface area contributed by atoms with E-state index in [4.69, 9.17) is 32.4 Å². The molecule has 0 spiro atoms. The number of benzene rings is 2. The Labute approximate surface area is 135 Å². The second kappa shape index (κ2) is 5.87. The lowest BCUT2D eigenvalue weighted by atomic mass is 10.1. The van der Waals surface area contributed by atoms with E-state index in [0.29, 0.717) is 21.8 Å². The van der Waals surface area contributed by atoms with Gasteiger partial charge in [-0.3, -0.25) is 4.79 Å². The van der Waals surface area contributed by atoms with Crippen LogP contribution < -0.4 is 10.1 Å². The molecule has 0 bridgehead atoms. The topological polar surface area (TPSA) is 64.4 Å². The van der Waals surface area contributed by atoms with Crippen LogP contribution in [-0.4, -0.2) is 18.0 Å². The molecule has 1 N–H and O–H groups in total. The van der Waals surface area contributed by atoms with Crippen LogP contribution in [0.3, 0.4) is 0 Å². The van der Waals surface area contributed by atoms with E-state index in [2.05, 4.69) is 10.3 Å². The van der Waals surface area contributed by atoms with Gasteiger partial charge >= 0.3 is 0 Å². The lowest BCUT2D eigenvalue weighted by Gasteiger charge is -2.12. The Bertz CT molecular complexity index is 861. The van der Waals surface area contributed by atoms with Gasteiger partial charge in [0.05, 0.1) is 17.2 Å². The number of hydrogen-bond acceptors (Lipinski definition) is 4. The Balaban J connectivity index is 1.96. The fourth-order valence-corrected chi connectivity index (χ4v) is 2.54. The monoisotopic (exact) mass is 336 g/mol. The molecule has 0 aliphatic rings. The van der Waals surface area contributed by atoms with Crippen molar-refractivity contribution in [2.45, 2.75) is 0 Å². The molecule has 0 aliphatic heterocycles. The van der Waals surface area contributed by atoms with Crippen molar-refractivity contribution in [2.24, 2.45) is 0 Å². The Kier molecular flexibility index (Phi) is 3.92. The van der Waals surface area contributed by atoms with Crippen molar-refractivity contribution < 1.29 is 13.9 Å². The Morgan fingerprint density at radius 3 is 2.77 bits per heavy atom. The average molecular weight is 337 g/mol. The lowest BCUT2D eigenvalue weighted by Crippen LogP contribution is -2.14. The van der Waals surface area contributed by atoms with Gasteiger partial charge in [-0.05, 0) is 24.3 Å². The molecule has 1 aromatic heterocycles. The highest BCUT2D eigenvalue weighted by Gasteiger charge is 2.19. The van der Waals surface area contributed by atoms with Crippen LogP contribution in [0.4, 0.5) is 5.69 Å². The summed E-state index contributed by atoms with van der Waals surface area (Å²) in [6.07, 6.45) is 1.34. The van der Waals surface area contributed by atoms with E-state index in [1.807, 2.05) is 0 Å². The van der Waals surface area contributed by atoms with Gasteiger partial charge in [0, 0.05) is 11.8 Å². The van der Waals surface area contributed by atoms with Crippen molar-refractivity contribution in [3.8, 4) is 5.75 Å². The number of carbonyl (C=O) groups is 1. The molecule has 22 heavy (non-hydrogen) atoms. The summed E-state index contributed by atoms with van der Waals surface area (Å²) < 4.78 is 10.4. The molecule has 7 heteroatoms. The van der Waals surface area contributed by atoms with Crippen LogP contribution in [0.15, 0.2) is 41.1 Å². The summed E-state index contributed by atoms with van der Waals surface area (Å²) in [6, 6.07) is 8.24. The first-order valence-corrected chi connectivity index (χ1v) is 7.02. The molecule has 0 atom stereocenters. The number of hydrogen-bond donors (Lipinski definition) is 1. The minimum absolute atomic E-state index is 0.175. The smallest absolute Gasteiger partial charge is 0.261 e. The summed E-state index contributed by atoms with van der Waals surface area (Å²) in [6.45, 7) is 0. The normalized spacial score (nSPS) is 10.7. The molecule has 112 valence electrons. The van der Waals surface area contributed by atoms with Crippen molar-refractivity contribution in [1.29, 1.82) is 0 Å². The molecule has 3 aromatic rings. The van der Waals surface area contributed by atoms with Crippen LogP contribution in [-0.2, 0) is 0 Å². The first-order chi connectivity index (χ1) is 10.6. The summed E-state index contributed by atoms with van der Waals surface area (Å²) in [7, 11) is 1.43. The summed E-state index contributed by atoms with van der Waals surface area (Å²) >= 11 is 12.1. The van der Waals surface area contributed by atoms with Crippen molar-refractivity contribution >= 4 is 45.9 Å². The third-order valence-electron chi connectivity index (χ3n) is 3.08. The summed E-state index contributed by atoms with van der Waals surface area (Å²) in [4.78, 5) is 16.5. The van der Waals surface area contributed by atoms with Crippen molar-refractivity contribution in [3.05, 3.63) is 52.3 Å². The van der Waals surface area contributed by atoms with Gasteiger partial charge in [0.2, 0.25) is 0 Å². The molecular formula is C15H10Cl2N2O3. The van der Waals surface area contributed by atoms with Crippen LogP contribution in [0.1, 0.15) is 10.4 Å². The van der Waals surface area contributed by atoms with E-state index in [0.717, 1.165) is 0 Å². The highest BCUT2D eigenvalue weighted by molar-refractivity contribution is 6.37. The lowest BCUT2D eigenvalue weighted by molar-refractivity contribution is 0.102. The fourth-order valence-electron chi connectivity index (χ4n) is 2.07. The molecule has 1 amide bonds. The number of amides is 1. The van der Waals surface area contributed by atoms with E-state index in [1.54, 1.807) is 30.3 Å². The van der Waals surface area contributed by atoms with Gasteiger partial charge in [-0.2, -0.15) is 0 Å². The Morgan fingerprint density at radius 2 is 2.00 bits per heavy atom. The van der Waals surface area contributed by atoms with Crippen molar-refractivity contribution in [3.63, 3.8) is 0 Å². The number of oxazole rings is 1. The largest absolute Gasteiger partial charge is 0.494 e. The summed E-state index contributed by atoms with van der Waals surface area (Å²) in [5, 5.41) is 3.29. The van der Waals surface area contributed by atoms with E-state index in [-0.39, 0.29) is 16.3 Å². The number of aromatic nitrogens is 1. The molecular weight excluding hydrogens is 327 g/mol. The van der Waals surface area contributed by atoms with E-state index in [9.17, 15) is 4.79 Å². The van der Waals surface area contributed by atoms with Gasteiger partial charge in [0.25, 0.3) is 5.91 Å². The van der Waals surface area contributed by atoms with E-state index in [1.165, 1.54) is 13.5 Å². The zero-order chi connectivity index (χ0) is 15.7. The number of fused-ring (bicyclic) bond motifs is 1. The molecule has 0 fully saturated rings. The second-order valence-corrected chi connectivity index (χ2v) is 5.24. The molecule has 1 heterocycles. The minimum atomic E-state index is -0.428. The van der Waals surface area contributed by atoms with Crippen LogP contribution in [0.2, 0.25) is 10.0 Å². The maximum absolute atomic E-state index is 12.5. The summed E-state index contributed by atoms with van der Waals surface area (Å²) in [5.41, 5.74) is 2.00. The number of rotatable bonds is 3. The maximum atomic E-state index is 12.5. The average Bonchev–Trinajstić information content (AvgIpc) is 2.96. The zero-order valence-corrected chi connectivity index (χ0v) is 12.9. The Hall–Kier alpha value is -2.24. The van der Waals surface area contributed by atoms with Gasteiger partial charge in [-0.15, -0.1) is 0 Å². The molecule has 0 saturated heterocycles. The van der Waals surface area contributed by atoms with Gasteiger partial charge in [0.15, 0.2) is 17.7 Å². The maximum Gasteiger partial charge on any atom is 0.261 e. The predicted molar refractivity (Wildman–Crippen MR) is 85.0 cm³/mol. The molecule has 0 saturated carbocycles. The molecule has 0 radical (unpaired) electrons. The van der Waals surface area contributed by atoms with Gasteiger partial charge < -0.3 is 14.5 Å². The standard InChI is InChI=1S/C15H10Cl2N2O3/c1-21-14-10(17)4-3-9(16)13(14)15(20)19-8-2-5-11-12(6-8)22-7-18-11/h2-7H,1H3,(H,19,20). The first-order valence-electron chi connectivity index (χ1n) is 6.26. The summed E-state index contributed by atoms with van der Waals surface area (Å²) in [5.74, 6) is -0.198. The van der Waals surface area contributed by atoms with Crippen LogP contribution in [0, 0.1) is 0 Å².